The largest absolute Gasteiger partial charge is 0.380 e. The van der Waals surface area contributed by atoms with Gasteiger partial charge < -0.3 is 4.74 Å². The zero-order valence-corrected chi connectivity index (χ0v) is 5.81. The highest BCUT2D eigenvalue weighted by Gasteiger charge is 2.13. The second kappa shape index (κ2) is 3.82. The standard InChI is InChI=1S/C6H14N2O/c1-2-7-8-6-3-4-9-5-6/h6-8H,2-5H2,1H3/t6-/m0/s1. The average Bonchev–Trinajstić information content (AvgIpc) is 2.34. The van der Waals surface area contributed by atoms with Gasteiger partial charge in [-0.3, -0.25) is 10.9 Å². The molecule has 0 radical (unpaired) electrons. The van der Waals surface area contributed by atoms with Gasteiger partial charge in [-0.15, -0.1) is 0 Å². The van der Waals surface area contributed by atoms with Crippen LogP contribution in [0.15, 0.2) is 0 Å². The molecule has 1 aliphatic heterocycles. The second-order valence-electron chi connectivity index (χ2n) is 2.24. The molecule has 3 nitrogen and oxygen atoms in total. The van der Waals surface area contributed by atoms with Gasteiger partial charge in [-0.1, -0.05) is 6.92 Å². The Bertz CT molecular complexity index is 71.5. The molecule has 0 unspecified atom stereocenters. The summed E-state index contributed by atoms with van der Waals surface area (Å²) < 4.78 is 5.15. The van der Waals surface area contributed by atoms with E-state index in [4.69, 9.17) is 4.74 Å². The lowest BCUT2D eigenvalue weighted by Gasteiger charge is -2.08. The van der Waals surface area contributed by atoms with Gasteiger partial charge in [0.15, 0.2) is 0 Å². The minimum atomic E-state index is 0.532. The lowest BCUT2D eigenvalue weighted by Crippen LogP contribution is -2.40. The van der Waals surface area contributed by atoms with Crippen molar-refractivity contribution in [3.63, 3.8) is 0 Å². The van der Waals surface area contributed by atoms with Gasteiger partial charge in [-0.2, -0.15) is 0 Å². The number of nitrogens with one attached hydrogen (secondary N) is 2. The molecule has 1 heterocycles. The predicted octanol–water partition coefficient (Wildman–Crippen LogP) is -0.111. The van der Waals surface area contributed by atoms with Crippen molar-refractivity contribution < 1.29 is 4.74 Å². The molecule has 0 aromatic carbocycles. The maximum atomic E-state index is 5.15. The van der Waals surface area contributed by atoms with Crippen LogP contribution in [0.3, 0.4) is 0 Å². The zero-order chi connectivity index (χ0) is 6.53. The number of ether oxygens (including phenoxy) is 1. The van der Waals surface area contributed by atoms with Gasteiger partial charge in [0.2, 0.25) is 0 Å². The van der Waals surface area contributed by atoms with E-state index in [2.05, 4.69) is 17.8 Å². The first-order chi connectivity index (χ1) is 4.43. The third-order valence-electron chi connectivity index (χ3n) is 1.41. The van der Waals surface area contributed by atoms with Gasteiger partial charge in [0.1, 0.15) is 0 Å². The van der Waals surface area contributed by atoms with Crippen LogP contribution in [0.25, 0.3) is 0 Å². The fourth-order valence-corrected chi connectivity index (χ4v) is 0.895. The lowest BCUT2D eigenvalue weighted by molar-refractivity contribution is 0.187. The van der Waals surface area contributed by atoms with E-state index in [-0.39, 0.29) is 0 Å². The molecular formula is C6H14N2O. The van der Waals surface area contributed by atoms with Crippen molar-refractivity contribution in [1.29, 1.82) is 0 Å². The molecule has 1 aliphatic rings. The Balaban J connectivity index is 1.98. The van der Waals surface area contributed by atoms with Crippen molar-refractivity contribution in [1.82, 2.24) is 10.9 Å². The minimum Gasteiger partial charge on any atom is -0.380 e. The molecular weight excluding hydrogens is 116 g/mol. The summed E-state index contributed by atoms with van der Waals surface area (Å²) >= 11 is 0. The maximum absolute atomic E-state index is 5.15. The summed E-state index contributed by atoms with van der Waals surface area (Å²) in [6, 6.07) is 0.532. The summed E-state index contributed by atoms with van der Waals surface area (Å²) in [5.41, 5.74) is 6.22. The SMILES string of the molecule is CCNN[C@H]1CCOC1. The molecule has 3 heteroatoms. The van der Waals surface area contributed by atoms with Gasteiger partial charge in [-0.05, 0) is 6.42 Å². The van der Waals surface area contributed by atoms with E-state index in [1.54, 1.807) is 0 Å². The summed E-state index contributed by atoms with van der Waals surface area (Å²) in [7, 11) is 0. The molecule has 1 saturated heterocycles. The first-order valence-corrected chi connectivity index (χ1v) is 3.49. The highest BCUT2D eigenvalue weighted by Crippen LogP contribution is 2.00. The van der Waals surface area contributed by atoms with E-state index >= 15 is 0 Å². The van der Waals surface area contributed by atoms with Gasteiger partial charge in [0.25, 0.3) is 0 Å². The van der Waals surface area contributed by atoms with Crippen LogP contribution in [0, 0.1) is 0 Å². The van der Waals surface area contributed by atoms with Crippen molar-refractivity contribution in [3.05, 3.63) is 0 Å². The lowest BCUT2D eigenvalue weighted by atomic mass is 10.3. The van der Waals surface area contributed by atoms with E-state index in [1.807, 2.05) is 0 Å². The minimum absolute atomic E-state index is 0.532. The van der Waals surface area contributed by atoms with E-state index in [0.29, 0.717) is 6.04 Å². The average molecular weight is 130 g/mol. The quantitative estimate of drug-likeness (QED) is 0.523. The molecule has 1 atom stereocenters. The molecule has 0 spiro atoms. The van der Waals surface area contributed by atoms with Crippen molar-refractivity contribution in [2.24, 2.45) is 0 Å². The van der Waals surface area contributed by atoms with Gasteiger partial charge in [-0.25, -0.2) is 0 Å². The van der Waals surface area contributed by atoms with Crippen LogP contribution in [-0.4, -0.2) is 25.8 Å². The first kappa shape index (κ1) is 6.99. The smallest absolute Gasteiger partial charge is 0.0634 e. The Morgan fingerprint density at radius 1 is 1.67 bits per heavy atom. The Morgan fingerprint density at radius 3 is 3.11 bits per heavy atom. The van der Waals surface area contributed by atoms with Gasteiger partial charge >= 0.3 is 0 Å². The number of hydrogen-bond acceptors (Lipinski definition) is 3. The van der Waals surface area contributed by atoms with Crippen molar-refractivity contribution in [3.8, 4) is 0 Å². The summed E-state index contributed by atoms with van der Waals surface area (Å²) in [5.74, 6) is 0. The van der Waals surface area contributed by atoms with Crippen molar-refractivity contribution in [2.45, 2.75) is 19.4 Å². The van der Waals surface area contributed by atoms with E-state index in [0.717, 1.165) is 26.2 Å². The third kappa shape index (κ3) is 2.30. The molecule has 9 heavy (non-hydrogen) atoms. The third-order valence-corrected chi connectivity index (χ3v) is 1.41. The molecule has 54 valence electrons. The Labute approximate surface area is 55.7 Å². The molecule has 1 rings (SSSR count). The fraction of sp³-hybridized carbons (Fsp3) is 1.00. The van der Waals surface area contributed by atoms with E-state index in [9.17, 15) is 0 Å². The summed E-state index contributed by atoms with van der Waals surface area (Å²) in [6.45, 7) is 4.80. The summed E-state index contributed by atoms with van der Waals surface area (Å²) in [4.78, 5) is 0. The maximum Gasteiger partial charge on any atom is 0.0634 e. The van der Waals surface area contributed by atoms with Crippen LogP contribution >= 0.6 is 0 Å². The normalized spacial score (nSPS) is 27.0. The topological polar surface area (TPSA) is 33.3 Å². The van der Waals surface area contributed by atoms with Crippen LogP contribution in [0.5, 0.6) is 0 Å². The van der Waals surface area contributed by atoms with Crippen LogP contribution in [0.1, 0.15) is 13.3 Å². The molecule has 0 bridgehead atoms. The molecule has 1 fully saturated rings. The predicted molar refractivity (Wildman–Crippen MR) is 36.0 cm³/mol. The monoisotopic (exact) mass is 130 g/mol. The van der Waals surface area contributed by atoms with E-state index in [1.165, 1.54) is 0 Å². The second-order valence-corrected chi connectivity index (χ2v) is 2.24. The van der Waals surface area contributed by atoms with Crippen molar-refractivity contribution in [2.75, 3.05) is 19.8 Å². The van der Waals surface area contributed by atoms with Crippen LogP contribution in [0.2, 0.25) is 0 Å². The molecule has 0 amide bonds. The number of rotatable bonds is 3. The van der Waals surface area contributed by atoms with Crippen LogP contribution < -0.4 is 10.9 Å². The van der Waals surface area contributed by atoms with E-state index < -0.39 is 0 Å². The Morgan fingerprint density at radius 2 is 2.56 bits per heavy atom. The molecule has 2 N–H and O–H groups in total. The highest BCUT2D eigenvalue weighted by atomic mass is 16.5. The Kier molecular flexibility index (Phi) is 2.97. The number of hydrogen-bond donors (Lipinski definition) is 2. The number of hydrazine groups is 1. The first-order valence-electron chi connectivity index (χ1n) is 3.49. The Hall–Kier alpha value is -0.120. The fourth-order valence-electron chi connectivity index (χ4n) is 0.895. The summed E-state index contributed by atoms with van der Waals surface area (Å²) in [5, 5.41) is 0. The zero-order valence-electron chi connectivity index (χ0n) is 5.81. The summed E-state index contributed by atoms with van der Waals surface area (Å²) in [6.07, 6.45) is 1.13. The van der Waals surface area contributed by atoms with Gasteiger partial charge in [0, 0.05) is 19.2 Å². The van der Waals surface area contributed by atoms with Crippen molar-refractivity contribution >= 4 is 0 Å². The van der Waals surface area contributed by atoms with Crippen LogP contribution in [0.4, 0.5) is 0 Å². The molecule has 0 saturated carbocycles. The van der Waals surface area contributed by atoms with Crippen LogP contribution in [-0.2, 0) is 4.74 Å². The molecule has 0 aromatic rings. The highest BCUT2D eigenvalue weighted by molar-refractivity contribution is 4.67. The molecule has 0 aromatic heterocycles. The van der Waals surface area contributed by atoms with Gasteiger partial charge in [0.05, 0.1) is 6.61 Å². The molecule has 0 aliphatic carbocycles.